The van der Waals surface area contributed by atoms with E-state index in [1.807, 2.05) is 12.1 Å². The number of nitrogens with two attached hydrogens (primary N) is 1. The molecule has 1 aromatic carbocycles. The molecule has 0 saturated carbocycles. The summed E-state index contributed by atoms with van der Waals surface area (Å²) < 4.78 is 0. The Morgan fingerprint density at radius 1 is 1.06 bits per heavy atom. The van der Waals surface area contributed by atoms with Crippen molar-refractivity contribution in [2.24, 2.45) is 0 Å². The van der Waals surface area contributed by atoms with Gasteiger partial charge in [0.05, 0.1) is 0 Å². The Kier molecular flexibility index (Phi) is 8.92. The number of nitrogens with zero attached hydrogens (tertiary/aromatic N) is 1. The van der Waals surface area contributed by atoms with Crippen molar-refractivity contribution in [3.05, 3.63) is 29.8 Å². The molecule has 2 N–H and O–H groups in total. The van der Waals surface area contributed by atoms with Crippen LogP contribution >= 0.6 is 12.4 Å². The van der Waals surface area contributed by atoms with Gasteiger partial charge in [-0.2, -0.15) is 0 Å². The van der Waals surface area contributed by atoms with E-state index in [0.29, 0.717) is 0 Å². The molecule has 1 rings (SSSR count). The van der Waals surface area contributed by atoms with Crippen LogP contribution in [-0.2, 0) is 6.42 Å². The van der Waals surface area contributed by atoms with E-state index in [0.717, 1.165) is 18.7 Å². The van der Waals surface area contributed by atoms with Crippen molar-refractivity contribution in [1.29, 1.82) is 0 Å². The zero-order valence-electron chi connectivity index (χ0n) is 11.0. The number of hydrogen-bond acceptors (Lipinski definition) is 2. The number of rotatable bonds is 7. The predicted octanol–water partition coefficient (Wildman–Crippen LogP) is 3.36. The molecular formula is C14H25ClN2. The molecule has 0 unspecified atom stereocenters. The van der Waals surface area contributed by atoms with Crippen LogP contribution in [0.4, 0.5) is 5.69 Å². The van der Waals surface area contributed by atoms with Crippen molar-refractivity contribution in [1.82, 2.24) is 4.90 Å². The monoisotopic (exact) mass is 256 g/mol. The summed E-state index contributed by atoms with van der Waals surface area (Å²) in [5.41, 5.74) is 7.98. The van der Waals surface area contributed by atoms with Gasteiger partial charge in [0, 0.05) is 12.2 Å². The number of halogens is 1. The fraction of sp³-hybridized carbons (Fsp3) is 0.571. The van der Waals surface area contributed by atoms with Crippen LogP contribution in [0.2, 0.25) is 0 Å². The van der Waals surface area contributed by atoms with Crippen LogP contribution in [0.1, 0.15) is 32.3 Å². The van der Waals surface area contributed by atoms with E-state index >= 15 is 0 Å². The van der Waals surface area contributed by atoms with Crippen molar-refractivity contribution < 1.29 is 0 Å². The Labute approximate surface area is 112 Å². The van der Waals surface area contributed by atoms with Crippen LogP contribution in [0.15, 0.2) is 24.3 Å². The average Bonchev–Trinajstić information content (AvgIpc) is 2.27. The molecule has 1 aromatic rings. The maximum absolute atomic E-state index is 5.77. The molecule has 0 heterocycles. The zero-order chi connectivity index (χ0) is 11.8. The van der Waals surface area contributed by atoms with Crippen molar-refractivity contribution in [3.8, 4) is 0 Å². The maximum atomic E-state index is 5.77. The molecule has 3 heteroatoms. The van der Waals surface area contributed by atoms with Gasteiger partial charge >= 0.3 is 0 Å². The molecule has 0 aromatic heterocycles. The number of hydrogen-bond donors (Lipinski definition) is 1. The lowest BCUT2D eigenvalue weighted by atomic mass is 10.1. The molecule has 0 amide bonds. The average molecular weight is 257 g/mol. The van der Waals surface area contributed by atoms with Crippen molar-refractivity contribution >= 4 is 18.1 Å². The van der Waals surface area contributed by atoms with Crippen molar-refractivity contribution in [2.45, 2.75) is 33.1 Å². The van der Waals surface area contributed by atoms with Gasteiger partial charge in [0.15, 0.2) is 0 Å². The Morgan fingerprint density at radius 2 is 1.71 bits per heavy atom. The molecule has 98 valence electrons. The topological polar surface area (TPSA) is 29.3 Å². The molecule has 17 heavy (non-hydrogen) atoms. The quantitative estimate of drug-likeness (QED) is 0.758. The predicted molar refractivity (Wildman–Crippen MR) is 78.8 cm³/mol. The molecule has 0 radical (unpaired) electrons. The number of nitrogen functional groups attached to an aromatic ring is 1. The Hall–Kier alpha value is -0.730. The van der Waals surface area contributed by atoms with Crippen molar-refractivity contribution in [3.63, 3.8) is 0 Å². The number of anilines is 1. The molecular weight excluding hydrogens is 232 g/mol. The summed E-state index contributed by atoms with van der Waals surface area (Å²) in [5.74, 6) is 0. The molecule has 0 atom stereocenters. The summed E-state index contributed by atoms with van der Waals surface area (Å²) >= 11 is 0. The van der Waals surface area contributed by atoms with E-state index < -0.39 is 0 Å². The smallest absolute Gasteiger partial charge is 0.0316 e. The van der Waals surface area contributed by atoms with Crippen LogP contribution in [0, 0.1) is 0 Å². The highest BCUT2D eigenvalue weighted by Crippen LogP contribution is 2.08. The van der Waals surface area contributed by atoms with Gasteiger partial charge in [-0.15, -0.1) is 12.4 Å². The van der Waals surface area contributed by atoms with Gasteiger partial charge in [-0.1, -0.05) is 26.0 Å². The second-order valence-electron chi connectivity index (χ2n) is 4.34. The Morgan fingerprint density at radius 3 is 2.24 bits per heavy atom. The maximum Gasteiger partial charge on any atom is 0.0316 e. The van der Waals surface area contributed by atoms with Crippen LogP contribution < -0.4 is 5.73 Å². The molecule has 0 bridgehead atoms. The summed E-state index contributed by atoms with van der Waals surface area (Å²) in [6, 6.07) is 8.22. The fourth-order valence-corrected chi connectivity index (χ4v) is 2.00. The van der Waals surface area contributed by atoms with Crippen LogP contribution in [0.25, 0.3) is 0 Å². The summed E-state index contributed by atoms with van der Waals surface area (Å²) in [4.78, 5) is 2.53. The van der Waals surface area contributed by atoms with E-state index in [2.05, 4.69) is 30.9 Å². The summed E-state index contributed by atoms with van der Waals surface area (Å²) in [5, 5.41) is 0. The Bertz CT molecular complexity index is 296. The zero-order valence-corrected chi connectivity index (χ0v) is 11.8. The van der Waals surface area contributed by atoms with E-state index in [4.69, 9.17) is 5.73 Å². The SMILES string of the molecule is CCCN(CCC)CCc1cccc(N)c1.Cl. The lowest BCUT2D eigenvalue weighted by Gasteiger charge is -2.20. The lowest BCUT2D eigenvalue weighted by Crippen LogP contribution is -2.27. The third-order valence-corrected chi connectivity index (χ3v) is 2.75. The minimum Gasteiger partial charge on any atom is -0.399 e. The number of benzene rings is 1. The van der Waals surface area contributed by atoms with Crippen LogP contribution in [0.3, 0.4) is 0 Å². The van der Waals surface area contributed by atoms with Gasteiger partial charge in [-0.25, -0.2) is 0 Å². The molecule has 0 spiro atoms. The van der Waals surface area contributed by atoms with Crippen LogP contribution in [0.5, 0.6) is 0 Å². The van der Waals surface area contributed by atoms with Gasteiger partial charge in [-0.05, 0) is 50.0 Å². The first-order chi connectivity index (χ1) is 7.76. The third kappa shape index (κ3) is 6.54. The van der Waals surface area contributed by atoms with E-state index in [-0.39, 0.29) is 12.4 Å². The first-order valence-electron chi connectivity index (χ1n) is 6.33. The molecule has 0 aliphatic heterocycles. The largest absolute Gasteiger partial charge is 0.399 e. The standard InChI is InChI=1S/C14H24N2.ClH/c1-3-9-16(10-4-2)11-8-13-6-5-7-14(15)12-13;/h5-7,12H,3-4,8-11,15H2,1-2H3;1H. The highest BCUT2D eigenvalue weighted by Gasteiger charge is 2.02. The molecule has 0 aliphatic carbocycles. The van der Waals surface area contributed by atoms with Gasteiger partial charge in [0.25, 0.3) is 0 Å². The summed E-state index contributed by atoms with van der Waals surface area (Å²) in [6.07, 6.45) is 3.57. The Balaban J connectivity index is 0.00000256. The van der Waals surface area contributed by atoms with Gasteiger partial charge in [0.1, 0.15) is 0 Å². The second-order valence-corrected chi connectivity index (χ2v) is 4.34. The first-order valence-corrected chi connectivity index (χ1v) is 6.33. The minimum absolute atomic E-state index is 0. The van der Waals surface area contributed by atoms with Gasteiger partial charge < -0.3 is 10.6 Å². The third-order valence-electron chi connectivity index (χ3n) is 2.75. The molecule has 2 nitrogen and oxygen atoms in total. The second kappa shape index (κ2) is 9.32. The van der Waals surface area contributed by atoms with Gasteiger partial charge in [0.2, 0.25) is 0 Å². The summed E-state index contributed by atoms with van der Waals surface area (Å²) in [7, 11) is 0. The first kappa shape index (κ1) is 16.3. The fourth-order valence-electron chi connectivity index (χ4n) is 2.00. The van der Waals surface area contributed by atoms with E-state index in [1.165, 1.54) is 31.5 Å². The van der Waals surface area contributed by atoms with E-state index in [1.54, 1.807) is 0 Å². The molecule has 0 aliphatic rings. The molecule has 0 fully saturated rings. The van der Waals surface area contributed by atoms with Crippen molar-refractivity contribution in [2.75, 3.05) is 25.4 Å². The minimum atomic E-state index is 0. The lowest BCUT2D eigenvalue weighted by molar-refractivity contribution is 0.278. The molecule has 0 saturated heterocycles. The van der Waals surface area contributed by atoms with Gasteiger partial charge in [-0.3, -0.25) is 0 Å². The highest BCUT2D eigenvalue weighted by atomic mass is 35.5. The highest BCUT2D eigenvalue weighted by molar-refractivity contribution is 5.85. The van der Waals surface area contributed by atoms with Crippen LogP contribution in [-0.4, -0.2) is 24.5 Å². The summed E-state index contributed by atoms with van der Waals surface area (Å²) in [6.45, 7) is 8.03. The van der Waals surface area contributed by atoms with E-state index in [9.17, 15) is 0 Å². The normalized spacial score (nSPS) is 10.3.